The van der Waals surface area contributed by atoms with Gasteiger partial charge in [0, 0.05) is 37.5 Å². The van der Waals surface area contributed by atoms with E-state index in [-0.39, 0.29) is 0 Å². The Morgan fingerprint density at radius 2 is 1.85 bits per heavy atom. The molecule has 0 spiro atoms. The van der Waals surface area contributed by atoms with Crippen LogP contribution in [0.15, 0.2) is 30.3 Å². The van der Waals surface area contributed by atoms with Crippen LogP contribution in [0.4, 0.5) is 5.82 Å². The second-order valence-electron chi connectivity index (χ2n) is 7.10. The molecule has 0 amide bonds. The molecule has 4 nitrogen and oxygen atoms in total. The average Bonchev–Trinajstić information content (AvgIpc) is 3.07. The molecule has 0 saturated carbocycles. The summed E-state index contributed by atoms with van der Waals surface area (Å²) >= 11 is 1.88. The topological polar surface area (TPSA) is 32.3 Å². The second kappa shape index (κ2) is 7.95. The van der Waals surface area contributed by atoms with Crippen molar-refractivity contribution in [1.29, 1.82) is 0 Å². The Morgan fingerprint density at radius 1 is 1.07 bits per heavy atom. The van der Waals surface area contributed by atoms with E-state index >= 15 is 0 Å². The van der Waals surface area contributed by atoms with Gasteiger partial charge < -0.3 is 4.90 Å². The maximum atomic E-state index is 5.07. The molecule has 2 aromatic heterocycles. The summed E-state index contributed by atoms with van der Waals surface area (Å²) in [5.41, 5.74) is 2.76. The van der Waals surface area contributed by atoms with Crippen LogP contribution in [0.25, 0.3) is 10.2 Å². The summed E-state index contributed by atoms with van der Waals surface area (Å²) < 4.78 is 0. The second-order valence-corrected chi connectivity index (χ2v) is 8.18. The molecule has 1 aliphatic heterocycles. The third-order valence-electron chi connectivity index (χ3n) is 5.52. The zero-order chi connectivity index (χ0) is 18.8. The summed E-state index contributed by atoms with van der Waals surface area (Å²) in [6.07, 6.45) is 1.90. The van der Waals surface area contributed by atoms with Gasteiger partial charge in [-0.3, -0.25) is 4.90 Å². The fraction of sp³-hybridized carbons (Fsp3) is 0.455. The number of nitrogens with zero attached hydrogens (tertiary/aromatic N) is 4. The van der Waals surface area contributed by atoms with Crippen molar-refractivity contribution in [2.75, 3.05) is 31.1 Å². The van der Waals surface area contributed by atoms with Crippen LogP contribution in [0.2, 0.25) is 0 Å². The van der Waals surface area contributed by atoms with Crippen molar-refractivity contribution >= 4 is 27.4 Å². The molecule has 0 saturated heterocycles. The molecule has 1 aliphatic rings. The highest BCUT2D eigenvalue weighted by atomic mass is 32.1. The minimum Gasteiger partial charge on any atom is -0.357 e. The smallest absolute Gasteiger partial charge is 0.141 e. The lowest BCUT2D eigenvalue weighted by Crippen LogP contribution is -2.29. The van der Waals surface area contributed by atoms with Gasteiger partial charge in [-0.15, -0.1) is 11.3 Å². The third kappa shape index (κ3) is 3.58. The van der Waals surface area contributed by atoms with Gasteiger partial charge in [0.25, 0.3) is 0 Å². The number of anilines is 1. The standard InChI is InChI=1S/C22H28N4S/c1-4-25-13-12-17-18(15-25)27-22-20(17)21(26(5-2)6-3)23-19(24-22)14-16-10-8-7-9-11-16/h7-11H,4-6,12-15H2,1-3H3. The van der Waals surface area contributed by atoms with Crippen LogP contribution in [0.5, 0.6) is 0 Å². The highest BCUT2D eigenvalue weighted by Gasteiger charge is 2.25. The van der Waals surface area contributed by atoms with Crippen LogP contribution in [0.3, 0.4) is 0 Å². The number of benzene rings is 1. The van der Waals surface area contributed by atoms with Gasteiger partial charge in [0.05, 0.1) is 5.39 Å². The fourth-order valence-electron chi connectivity index (χ4n) is 3.95. The number of hydrogen-bond donors (Lipinski definition) is 0. The first kappa shape index (κ1) is 18.4. The molecule has 3 aromatic rings. The zero-order valence-corrected chi connectivity index (χ0v) is 17.4. The van der Waals surface area contributed by atoms with Crippen LogP contribution < -0.4 is 4.90 Å². The van der Waals surface area contributed by atoms with Crippen molar-refractivity contribution in [1.82, 2.24) is 14.9 Å². The van der Waals surface area contributed by atoms with Crippen molar-refractivity contribution in [3.63, 3.8) is 0 Å². The van der Waals surface area contributed by atoms with Crippen LogP contribution >= 0.6 is 11.3 Å². The Balaban J connectivity index is 1.83. The van der Waals surface area contributed by atoms with Crippen molar-refractivity contribution in [3.8, 4) is 0 Å². The number of likely N-dealkylation sites (N-methyl/N-ethyl adjacent to an activating group) is 1. The lowest BCUT2D eigenvalue weighted by molar-refractivity contribution is 0.272. The van der Waals surface area contributed by atoms with Crippen LogP contribution in [-0.2, 0) is 19.4 Å². The molecule has 3 heterocycles. The van der Waals surface area contributed by atoms with E-state index in [1.807, 2.05) is 11.3 Å². The maximum absolute atomic E-state index is 5.07. The predicted molar refractivity (Wildman–Crippen MR) is 115 cm³/mol. The molecule has 142 valence electrons. The monoisotopic (exact) mass is 380 g/mol. The van der Waals surface area contributed by atoms with E-state index in [0.717, 1.165) is 57.2 Å². The molecule has 0 radical (unpaired) electrons. The van der Waals surface area contributed by atoms with E-state index in [4.69, 9.17) is 9.97 Å². The summed E-state index contributed by atoms with van der Waals surface area (Å²) in [4.78, 5) is 17.6. The van der Waals surface area contributed by atoms with Gasteiger partial charge in [-0.2, -0.15) is 0 Å². The predicted octanol–water partition coefficient (Wildman–Crippen LogP) is 4.51. The molecule has 1 aromatic carbocycles. The van der Waals surface area contributed by atoms with E-state index in [1.54, 1.807) is 0 Å². The number of fused-ring (bicyclic) bond motifs is 3. The Morgan fingerprint density at radius 3 is 2.56 bits per heavy atom. The molecular weight excluding hydrogens is 352 g/mol. The molecule has 0 bridgehead atoms. The van der Waals surface area contributed by atoms with Gasteiger partial charge in [0.1, 0.15) is 16.5 Å². The summed E-state index contributed by atoms with van der Waals surface area (Å²) in [6.45, 7) is 11.9. The first-order chi connectivity index (χ1) is 13.2. The van der Waals surface area contributed by atoms with Crippen molar-refractivity contribution in [2.45, 2.75) is 40.2 Å². The molecule has 0 fully saturated rings. The van der Waals surface area contributed by atoms with Gasteiger partial charge in [-0.25, -0.2) is 9.97 Å². The minimum atomic E-state index is 0.786. The Bertz CT molecular complexity index is 915. The Hall–Kier alpha value is -1.98. The summed E-state index contributed by atoms with van der Waals surface area (Å²) in [7, 11) is 0. The summed E-state index contributed by atoms with van der Waals surface area (Å²) in [5.74, 6) is 2.07. The number of rotatable bonds is 6. The SMILES string of the molecule is CCN1CCc2c(sc3nc(Cc4ccccc4)nc(N(CC)CC)c23)C1. The van der Waals surface area contributed by atoms with Crippen molar-refractivity contribution < 1.29 is 0 Å². The van der Waals surface area contributed by atoms with E-state index in [9.17, 15) is 0 Å². The first-order valence-electron chi connectivity index (χ1n) is 10.1. The Kier molecular flexibility index (Phi) is 5.41. The van der Waals surface area contributed by atoms with Gasteiger partial charge in [0.2, 0.25) is 0 Å². The number of hydrogen-bond acceptors (Lipinski definition) is 5. The molecule has 0 unspecified atom stereocenters. The normalized spacial score (nSPS) is 14.5. The highest BCUT2D eigenvalue weighted by Crippen LogP contribution is 2.39. The van der Waals surface area contributed by atoms with Crippen LogP contribution in [-0.4, -0.2) is 41.0 Å². The lowest BCUT2D eigenvalue weighted by atomic mass is 10.0. The minimum absolute atomic E-state index is 0.786. The quantitative estimate of drug-likeness (QED) is 0.630. The van der Waals surface area contributed by atoms with Gasteiger partial charge in [0.15, 0.2) is 0 Å². The summed E-state index contributed by atoms with van der Waals surface area (Å²) in [6, 6.07) is 10.5. The van der Waals surface area contributed by atoms with Gasteiger partial charge in [-0.1, -0.05) is 37.3 Å². The first-order valence-corrected chi connectivity index (χ1v) is 10.9. The largest absolute Gasteiger partial charge is 0.357 e. The molecular formula is C22H28N4S. The van der Waals surface area contributed by atoms with Gasteiger partial charge in [-0.05, 0) is 37.9 Å². The Labute approximate surface area is 165 Å². The van der Waals surface area contributed by atoms with Crippen LogP contribution in [0, 0.1) is 0 Å². The molecule has 0 aliphatic carbocycles. The summed E-state index contributed by atoms with van der Waals surface area (Å²) in [5, 5.41) is 1.31. The molecule has 27 heavy (non-hydrogen) atoms. The van der Waals surface area contributed by atoms with E-state index in [2.05, 4.69) is 60.9 Å². The number of thiophene rings is 1. The van der Waals surface area contributed by atoms with Crippen LogP contribution in [0.1, 0.15) is 42.6 Å². The maximum Gasteiger partial charge on any atom is 0.141 e. The third-order valence-corrected chi connectivity index (χ3v) is 6.63. The molecule has 4 rings (SSSR count). The molecule has 5 heteroatoms. The van der Waals surface area contributed by atoms with Crippen molar-refractivity contribution in [2.24, 2.45) is 0 Å². The number of aromatic nitrogens is 2. The molecule has 0 atom stereocenters. The average molecular weight is 381 g/mol. The fourth-order valence-corrected chi connectivity index (χ4v) is 5.23. The molecule has 0 N–H and O–H groups in total. The van der Waals surface area contributed by atoms with Gasteiger partial charge >= 0.3 is 0 Å². The van der Waals surface area contributed by atoms with E-state index in [1.165, 1.54) is 26.2 Å². The lowest BCUT2D eigenvalue weighted by Gasteiger charge is -2.26. The van der Waals surface area contributed by atoms with E-state index < -0.39 is 0 Å². The van der Waals surface area contributed by atoms with Crippen molar-refractivity contribution in [3.05, 3.63) is 52.2 Å². The highest BCUT2D eigenvalue weighted by molar-refractivity contribution is 7.19. The van der Waals surface area contributed by atoms with E-state index in [0.29, 0.717) is 0 Å². The zero-order valence-electron chi connectivity index (χ0n) is 16.5.